The molecule has 3 heterocycles. The maximum Gasteiger partial charge on any atom is 0.182 e. The summed E-state index contributed by atoms with van der Waals surface area (Å²) in [6, 6.07) is 1.84. The van der Waals surface area contributed by atoms with Crippen molar-refractivity contribution in [2.24, 2.45) is 0 Å². The predicted molar refractivity (Wildman–Crippen MR) is 42.6 cm³/mol. The van der Waals surface area contributed by atoms with Crippen molar-refractivity contribution in [3.8, 4) is 0 Å². The lowest BCUT2D eigenvalue weighted by Crippen LogP contribution is -1.91. The molecule has 3 aromatic rings. The largest absolute Gasteiger partial charge is 0.342 e. The van der Waals surface area contributed by atoms with Crippen molar-refractivity contribution in [1.82, 2.24) is 24.6 Å². The zero-order valence-corrected chi connectivity index (χ0v) is 6.10. The minimum Gasteiger partial charge on any atom is -0.342 e. The summed E-state index contributed by atoms with van der Waals surface area (Å²) in [5.41, 5.74) is 2.52. The normalized spacial score (nSPS) is 11.3. The van der Waals surface area contributed by atoms with E-state index in [9.17, 15) is 0 Å². The number of rotatable bonds is 0. The van der Waals surface area contributed by atoms with Crippen LogP contribution in [0.25, 0.3) is 16.8 Å². The maximum absolute atomic E-state index is 4.17. The molecule has 0 aliphatic heterocycles. The molecule has 0 unspecified atom stereocenters. The second-order valence-electron chi connectivity index (χ2n) is 2.50. The van der Waals surface area contributed by atoms with Gasteiger partial charge >= 0.3 is 0 Å². The number of hydrogen-bond acceptors (Lipinski definition) is 3. The van der Waals surface area contributed by atoms with Crippen molar-refractivity contribution in [1.29, 1.82) is 0 Å². The van der Waals surface area contributed by atoms with Gasteiger partial charge < -0.3 is 4.98 Å². The Labute approximate surface area is 67.1 Å². The molecule has 0 atom stereocenters. The second kappa shape index (κ2) is 1.82. The van der Waals surface area contributed by atoms with Gasteiger partial charge in [-0.2, -0.15) is 9.61 Å². The molecular formula is C7H5N5. The van der Waals surface area contributed by atoms with Gasteiger partial charge in [0.15, 0.2) is 11.3 Å². The van der Waals surface area contributed by atoms with Gasteiger partial charge in [-0.1, -0.05) is 0 Å². The van der Waals surface area contributed by atoms with Gasteiger partial charge in [0.05, 0.1) is 18.7 Å². The Morgan fingerprint density at radius 3 is 3.33 bits per heavy atom. The standard InChI is InChI=1S/C7H5N5/c1-2-11-12-6(1)8-3-5-7(12)10-4-9-5/h1-4H,(H,9,10). The first-order valence-electron chi connectivity index (χ1n) is 3.57. The lowest BCUT2D eigenvalue weighted by atomic mass is 10.5. The van der Waals surface area contributed by atoms with Gasteiger partial charge in [-0.3, -0.25) is 0 Å². The monoisotopic (exact) mass is 159 g/mol. The summed E-state index contributed by atoms with van der Waals surface area (Å²) in [5, 5.41) is 4.09. The fourth-order valence-corrected chi connectivity index (χ4v) is 1.25. The van der Waals surface area contributed by atoms with E-state index < -0.39 is 0 Å². The second-order valence-corrected chi connectivity index (χ2v) is 2.50. The Kier molecular flexibility index (Phi) is 0.864. The molecule has 3 aromatic heterocycles. The van der Waals surface area contributed by atoms with Crippen LogP contribution < -0.4 is 0 Å². The average Bonchev–Trinajstić information content (AvgIpc) is 2.71. The summed E-state index contributed by atoms with van der Waals surface area (Å²) in [5.74, 6) is 0. The fraction of sp³-hybridized carbons (Fsp3) is 0. The number of nitrogens with zero attached hydrogens (tertiary/aromatic N) is 4. The molecule has 0 amide bonds. The molecule has 0 saturated carbocycles. The summed E-state index contributed by atoms with van der Waals surface area (Å²) in [7, 11) is 0. The molecule has 5 heteroatoms. The van der Waals surface area contributed by atoms with E-state index in [1.54, 1.807) is 23.2 Å². The van der Waals surface area contributed by atoms with Crippen LogP contribution in [0.3, 0.4) is 0 Å². The maximum atomic E-state index is 4.17. The van der Waals surface area contributed by atoms with E-state index in [1.807, 2.05) is 6.07 Å². The van der Waals surface area contributed by atoms with Gasteiger partial charge in [-0.15, -0.1) is 0 Å². The van der Waals surface area contributed by atoms with E-state index in [0.29, 0.717) is 0 Å². The Bertz CT molecular complexity index is 485. The average molecular weight is 159 g/mol. The first-order chi connectivity index (χ1) is 5.95. The number of aromatic amines is 1. The van der Waals surface area contributed by atoms with Crippen LogP contribution in [0.5, 0.6) is 0 Å². The Balaban J connectivity index is 2.71. The van der Waals surface area contributed by atoms with Crippen LogP contribution in [0.15, 0.2) is 24.8 Å². The molecule has 0 bridgehead atoms. The van der Waals surface area contributed by atoms with Gasteiger partial charge in [0.2, 0.25) is 0 Å². The molecule has 0 fully saturated rings. The summed E-state index contributed by atoms with van der Waals surface area (Å²) < 4.78 is 1.70. The van der Waals surface area contributed by atoms with Crippen molar-refractivity contribution in [2.45, 2.75) is 0 Å². The highest BCUT2D eigenvalue weighted by Gasteiger charge is 2.01. The Hall–Kier alpha value is -1.91. The minimum atomic E-state index is 0.810. The summed E-state index contributed by atoms with van der Waals surface area (Å²) in [6.45, 7) is 0. The van der Waals surface area contributed by atoms with Crippen molar-refractivity contribution in [3.05, 3.63) is 24.8 Å². The molecule has 1 N–H and O–H groups in total. The molecule has 0 radical (unpaired) electrons. The third-order valence-electron chi connectivity index (χ3n) is 1.80. The van der Waals surface area contributed by atoms with Crippen LogP contribution in [0.1, 0.15) is 0 Å². The van der Waals surface area contributed by atoms with Gasteiger partial charge in [-0.05, 0) is 0 Å². The smallest absolute Gasteiger partial charge is 0.182 e. The third-order valence-corrected chi connectivity index (χ3v) is 1.80. The van der Waals surface area contributed by atoms with Gasteiger partial charge in [0, 0.05) is 6.07 Å². The van der Waals surface area contributed by atoms with Gasteiger partial charge in [0.1, 0.15) is 5.52 Å². The Morgan fingerprint density at radius 1 is 1.33 bits per heavy atom. The first-order valence-corrected chi connectivity index (χ1v) is 3.57. The van der Waals surface area contributed by atoms with Crippen LogP contribution in [0, 0.1) is 0 Å². The fourth-order valence-electron chi connectivity index (χ4n) is 1.25. The van der Waals surface area contributed by atoms with Crippen LogP contribution in [0.4, 0.5) is 0 Å². The highest BCUT2D eigenvalue weighted by Crippen LogP contribution is 2.08. The van der Waals surface area contributed by atoms with E-state index in [0.717, 1.165) is 16.8 Å². The molecule has 12 heavy (non-hydrogen) atoms. The number of hydrogen-bond donors (Lipinski definition) is 1. The van der Waals surface area contributed by atoms with Crippen LogP contribution in [-0.2, 0) is 0 Å². The molecule has 0 spiro atoms. The summed E-state index contributed by atoms with van der Waals surface area (Å²) in [6.07, 6.45) is 5.09. The topological polar surface area (TPSA) is 58.9 Å². The quantitative estimate of drug-likeness (QED) is 0.522. The molecule has 5 nitrogen and oxygen atoms in total. The zero-order valence-electron chi connectivity index (χ0n) is 6.10. The highest BCUT2D eigenvalue weighted by atomic mass is 15.3. The molecule has 0 saturated heterocycles. The van der Waals surface area contributed by atoms with Gasteiger partial charge in [0.25, 0.3) is 0 Å². The van der Waals surface area contributed by atoms with E-state index >= 15 is 0 Å². The Morgan fingerprint density at radius 2 is 2.33 bits per heavy atom. The van der Waals surface area contributed by atoms with E-state index in [1.165, 1.54) is 0 Å². The van der Waals surface area contributed by atoms with E-state index in [-0.39, 0.29) is 0 Å². The van der Waals surface area contributed by atoms with Crippen LogP contribution in [0.2, 0.25) is 0 Å². The lowest BCUT2D eigenvalue weighted by Gasteiger charge is -1.91. The van der Waals surface area contributed by atoms with Crippen LogP contribution >= 0.6 is 0 Å². The zero-order chi connectivity index (χ0) is 7.97. The number of imidazole rings is 1. The lowest BCUT2D eigenvalue weighted by molar-refractivity contribution is 0.969. The summed E-state index contributed by atoms with van der Waals surface area (Å²) in [4.78, 5) is 11.3. The molecular weight excluding hydrogens is 154 g/mol. The van der Waals surface area contributed by atoms with E-state index in [4.69, 9.17) is 0 Å². The molecule has 0 aromatic carbocycles. The minimum absolute atomic E-state index is 0.810. The van der Waals surface area contributed by atoms with Crippen molar-refractivity contribution in [2.75, 3.05) is 0 Å². The van der Waals surface area contributed by atoms with Gasteiger partial charge in [-0.25, -0.2) is 9.97 Å². The molecule has 3 rings (SSSR count). The molecule has 0 aliphatic rings. The molecule has 0 aliphatic carbocycles. The van der Waals surface area contributed by atoms with Crippen molar-refractivity contribution in [3.63, 3.8) is 0 Å². The number of aromatic nitrogens is 5. The number of fused-ring (bicyclic) bond motifs is 3. The predicted octanol–water partition coefficient (Wildman–Crippen LogP) is 0.606. The highest BCUT2D eigenvalue weighted by molar-refractivity contribution is 5.71. The summed E-state index contributed by atoms with van der Waals surface area (Å²) >= 11 is 0. The van der Waals surface area contributed by atoms with E-state index in [2.05, 4.69) is 20.1 Å². The van der Waals surface area contributed by atoms with Crippen molar-refractivity contribution < 1.29 is 0 Å². The third kappa shape index (κ3) is 0.554. The van der Waals surface area contributed by atoms with Crippen molar-refractivity contribution >= 4 is 16.8 Å². The van der Waals surface area contributed by atoms with Crippen LogP contribution in [-0.4, -0.2) is 24.6 Å². The number of H-pyrrole nitrogens is 1. The molecule has 58 valence electrons. The SMILES string of the molecule is c1cc2ncc3[nH]cnc3n2n1. The number of nitrogens with one attached hydrogen (secondary N) is 1. The first kappa shape index (κ1) is 5.70.